The number of aliphatic hydroxyl groups is 1. The standard InChI is InChI=1S/C33H44N4O5.ClH/c1-2-3-19-37-31(40)28(29(38)24-7-5-4-6-8-24)35-32(41)33(37)17-20-36(21-18-33)22-23-9-13-26(14-10-23)42-27-15-11-25(12-16-27)30(34)39;/h9-16,24,28-29,38H,2-8,17-22H2,1H3,(H2,34,39)(H,35,41);1H/t28-,29-;/m1./s1. The van der Waals surface area contributed by atoms with Crippen LogP contribution in [-0.2, 0) is 16.1 Å². The summed E-state index contributed by atoms with van der Waals surface area (Å²) in [5, 5.41) is 14.2. The number of amides is 3. The third-order valence-corrected chi connectivity index (χ3v) is 9.35. The van der Waals surface area contributed by atoms with Crippen molar-refractivity contribution < 1.29 is 24.2 Å². The molecule has 1 spiro atoms. The second kappa shape index (κ2) is 14.6. The van der Waals surface area contributed by atoms with Crippen molar-refractivity contribution in [1.82, 2.24) is 15.1 Å². The van der Waals surface area contributed by atoms with Crippen molar-refractivity contribution in [2.75, 3.05) is 19.6 Å². The first kappa shape index (κ1) is 32.8. The van der Waals surface area contributed by atoms with Crippen LogP contribution in [0.3, 0.4) is 0 Å². The Morgan fingerprint density at radius 1 is 1.02 bits per heavy atom. The van der Waals surface area contributed by atoms with E-state index in [9.17, 15) is 19.5 Å². The Morgan fingerprint density at radius 3 is 2.21 bits per heavy atom. The molecule has 2 atom stereocenters. The lowest BCUT2D eigenvalue weighted by molar-refractivity contribution is -0.166. The molecule has 9 nitrogen and oxygen atoms in total. The van der Waals surface area contributed by atoms with Crippen molar-refractivity contribution in [3.63, 3.8) is 0 Å². The van der Waals surface area contributed by atoms with Gasteiger partial charge >= 0.3 is 0 Å². The monoisotopic (exact) mass is 612 g/mol. The SMILES string of the molecule is CCCCN1C(=O)[C@@H]([C@H](O)C2CCCCC2)NC(=O)C12CCN(Cc1ccc(Oc3ccc(C(N)=O)cc3)cc1)CC2.Cl. The molecule has 1 saturated carbocycles. The van der Waals surface area contributed by atoms with Crippen molar-refractivity contribution in [3.05, 3.63) is 59.7 Å². The Morgan fingerprint density at radius 2 is 1.63 bits per heavy atom. The number of aliphatic hydroxyl groups excluding tert-OH is 1. The van der Waals surface area contributed by atoms with Crippen molar-refractivity contribution in [1.29, 1.82) is 0 Å². The van der Waals surface area contributed by atoms with E-state index in [-0.39, 0.29) is 30.1 Å². The maximum Gasteiger partial charge on any atom is 0.248 e. The minimum atomic E-state index is -0.854. The molecule has 2 heterocycles. The van der Waals surface area contributed by atoms with Gasteiger partial charge in [0.1, 0.15) is 23.1 Å². The first-order chi connectivity index (χ1) is 20.3. The van der Waals surface area contributed by atoms with E-state index in [1.165, 1.54) is 6.42 Å². The minimum absolute atomic E-state index is 0. The maximum absolute atomic E-state index is 13.8. The van der Waals surface area contributed by atoms with Crippen LogP contribution in [0.25, 0.3) is 0 Å². The van der Waals surface area contributed by atoms with Gasteiger partial charge in [-0.2, -0.15) is 0 Å². The number of likely N-dealkylation sites (tertiary alicyclic amines) is 1. The van der Waals surface area contributed by atoms with Crippen molar-refractivity contribution >= 4 is 30.1 Å². The molecule has 2 aliphatic heterocycles. The highest BCUT2D eigenvalue weighted by atomic mass is 35.5. The van der Waals surface area contributed by atoms with E-state index >= 15 is 0 Å². The maximum atomic E-state index is 13.8. The smallest absolute Gasteiger partial charge is 0.248 e. The van der Waals surface area contributed by atoms with Crippen LogP contribution < -0.4 is 15.8 Å². The number of benzene rings is 2. The molecule has 2 aromatic carbocycles. The summed E-state index contributed by atoms with van der Waals surface area (Å²) in [5.41, 5.74) is 6.01. The summed E-state index contributed by atoms with van der Waals surface area (Å²) in [6.07, 6.45) is 7.21. The van der Waals surface area contributed by atoms with Crippen molar-refractivity contribution in [2.24, 2.45) is 11.7 Å². The zero-order valence-corrected chi connectivity index (χ0v) is 25.8. The number of halogens is 1. The highest BCUT2D eigenvalue weighted by Crippen LogP contribution is 2.36. The van der Waals surface area contributed by atoms with Gasteiger partial charge in [0.2, 0.25) is 17.7 Å². The number of unbranched alkanes of at least 4 members (excludes halogenated alkanes) is 1. The molecule has 0 bridgehead atoms. The van der Waals surface area contributed by atoms with Crippen LogP contribution in [0.5, 0.6) is 11.5 Å². The summed E-state index contributed by atoms with van der Waals surface area (Å²) >= 11 is 0. The van der Waals surface area contributed by atoms with E-state index in [1.807, 2.05) is 29.2 Å². The summed E-state index contributed by atoms with van der Waals surface area (Å²) in [6.45, 7) is 4.77. The molecule has 0 unspecified atom stereocenters. The van der Waals surface area contributed by atoms with E-state index in [0.29, 0.717) is 49.5 Å². The molecule has 4 N–H and O–H groups in total. The fraction of sp³-hybridized carbons (Fsp3) is 0.545. The molecule has 2 aromatic rings. The number of piperazine rings is 1. The summed E-state index contributed by atoms with van der Waals surface area (Å²) < 4.78 is 5.90. The Kier molecular flexibility index (Phi) is 11.1. The molecule has 234 valence electrons. The summed E-state index contributed by atoms with van der Waals surface area (Å²) in [6, 6.07) is 13.7. The lowest BCUT2D eigenvalue weighted by atomic mass is 9.78. The summed E-state index contributed by atoms with van der Waals surface area (Å²) in [7, 11) is 0. The van der Waals surface area contributed by atoms with Gasteiger partial charge in [0.15, 0.2) is 0 Å². The second-order valence-corrected chi connectivity index (χ2v) is 12.1. The molecular formula is C33H45ClN4O5. The highest BCUT2D eigenvalue weighted by molar-refractivity contribution is 6.00. The predicted molar refractivity (Wildman–Crippen MR) is 167 cm³/mol. The molecule has 3 amide bonds. The minimum Gasteiger partial charge on any atom is -0.457 e. The van der Waals surface area contributed by atoms with Gasteiger partial charge in [-0.3, -0.25) is 19.3 Å². The molecule has 0 radical (unpaired) electrons. The van der Waals surface area contributed by atoms with Crippen LogP contribution in [0, 0.1) is 5.92 Å². The fourth-order valence-electron chi connectivity index (χ4n) is 6.78. The molecule has 2 saturated heterocycles. The molecule has 10 heteroatoms. The number of primary amides is 1. The Hall–Kier alpha value is -3.14. The second-order valence-electron chi connectivity index (χ2n) is 12.1. The highest BCUT2D eigenvalue weighted by Gasteiger charge is 2.55. The first-order valence-corrected chi connectivity index (χ1v) is 15.5. The number of piperidine rings is 1. The van der Waals surface area contributed by atoms with Gasteiger partial charge in [-0.1, -0.05) is 44.7 Å². The van der Waals surface area contributed by atoms with Gasteiger partial charge < -0.3 is 25.8 Å². The summed E-state index contributed by atoms with van der Waals surface area (Å²) in [4.78, 5) is 43.0. The van der Waals surface area contributed by atoms with Crippen LogP contribution in [0.15, 0.2) is 48.5 Å². The number of nitrogens with zero attached hydrogens (tertiary/aromatic N) is 2. The number of hydrogen-bond donors (Lipinski definition) is 3. The number of carbonyl (C=O) groups is 3. The van der Waals surface area contributed by atoms with E-state index in [1.54, 1.807) is 24.3 Å². The Labute approximate surface area is 260 Å². The van der Waals surface area contributed by atoms with Gasteiger partial charge in [0.25, 0.3) is 0 Å². The third-order valence-electron chi connectivity index (χ3n) is 9.35. The molecule has 1 aliphatic carbocycles. The van der Waals surface area contributed by atoms with E-state index < -0.39 is 23.6 Å². The zero-order valence-electron chi connectivity index (χ0n) is 25.0. The van der Waals surface area contributed by atoms with Crippen molar-refractivity contribution in [2.45, 2.75) is 88.9 Å². The quantitative estimate of drug-likeness (QED) is 0.365. The molecule has 0 aromatic heterocycles. The summed E-state index contributed by atoms with van der Waals surface area (Å²) in [5.74, 6) is 0.678. The van der Waals surface area contributed by atoms with Gasteiger partial charge in [0.05, 0.1) is 6.10 Å². The Bertz CT molecular complexity index is 1240. The normalized spacial score (nSPS) is 21.6. The first-order valence-electron chi connectivity index (χ1n) is 15.5. The number of ether oxygens (including phenoxy) is 1. The molecule has 5 rings (SSSR count). The van der Waals surface area contributed by atoms with Crippen molar-refractivity contribution in [3.8, 4) is 11.5 Å². The molecule has 3 fully saturated rings. The van der Waals surface area contributed by atoms with Gasteiger partial charge in [-0.05, 0) is 80.0 Å². The average molecular weight is 613 g/mol. The third kappa shape index (κ3) is 7.33. The van der Waals surface area contributed by atoms with Crippen LogP contribution in [0.2, 0.25) is 0 Å². The van der Waals surface area contributed by atoms with Gasteiger partial charge in [-0.25, -0.2) is 0 Å². The predicted octanol–water partition coefficient (Wildman–Crippen LogP) is 4.40. The molecular weight excluding hydrogens is 568 g/mol. The number of nitrogens with two attached hydrogens (primary N) is 1. The topological polar surface area (TPSA) is 125 Å². The van der Waals surface area contributed by atoms with Crippen LogP contribution in [0.4, 0.5) is 0 Å². The van der Waals surface area contributed by atoms with E-state index in [0.717, 1.165) is 50.6 Å². The zero-order chi connectivity index (χ0) is 29.7. The van der Waals surface area contributed by atoms with Crippen LogP contribution in [0.1, 0.15) is 80.6 Å². The largest absolute Gasteiger partial charge is 0.457 e. The van der Waals surface area contributed by atoms with E-state index in [2.05, 4.69) is 17.1 Å². The number of carbonyl (C=O) groups excluding carboxylic acids is 3. The number of nitrogens with one attached hydrogen (secondary N) is 1. The van der Waals surface area contributed by atoms with Gasteiger partial charge in [0, 0.05) is 31.7 Å². The van der Waals surface area contributed by atoms with E-state index in [4.69, 9.17) is 10.5 Å². The van der Waals surface area contributed by atoms with Gasteiger partial charge in [-0.15, -0.1) is 12.4 Å². The lowest BCUT2D eigenvalue weighted by Crippen LogP contribution is -2.75. The average Bonchev–Trinajstić information content (AvgIpc) is 3.01. The molecule has 3 aliphatic rings. The Balaban J connectivity index is 0.00000423. The number of hydrogen-bond acceptors (Lipinski definition) is 6. The molecule has 43 heavy (non-hydrogen) atoms. The van der Waals surface area contributed by atoms with Crippen LogP contribution >= 0.6 is 12.4 Å². The lowest BCUT2D eigenvalue weighted by Gasteiger charge is -2.52. The van der Waals surface area contributed by atoms with Crippen LogP contribution in [-0.4, -0.2) is 69.9 Å². The fourth-order valence-corrected chi connectivity index (χ4v) is 6.78. The number of rotatable bonds is 10.